The van der Waals surface area contributed by atoms with E-state index in [2.05, 4.69) is 21.9 Å². The maximum Gasteiger partial charge on any atom is 0.0594 e. The lowest BCUT2D eigenvalue weighted by atomic mass is 10.2. The van der Waals surface area contributed by atoms with Crippen molar-refractivity contribution in [1.29, 1.82) is 0 Å². The minimum atomic E-state index is 0.668. The Morgan fingerprint density at radius 1 is 1.21 bits per heavy atom. The molecule has 2 aliphatic rings. The van der Waals surface area contributed by atoms with Crippen molar-refractivity contribution in [3.8, 4) is 0 Å². The smallest absolute Gasteiger partial charge is 0.0594 e. The van der Waals surface area contributed by atoms with Crippen LogP contribution in [0.15, 0.2) is 12.1 Å². The number of hydrogen-bond donors (Lipinski definition) is 1. The molecule has 106 valence electrons. The minimum Gasteiger partial charge on any atom is -0.379 e. The van der Waals surface area contributed by atoms with Crippen LogP contribution in [0.4, 0.5) is 0 Å². The van der Waals surface area contributed by atoms with E-state index >= 15 is 0 Å². The summed E-state index contributed by atoms with van der Waals surface area (Å²) in [6.45, 7) is 8.20. The summed E-state index contributed by atoms with van der Waals surface area (Å²) in [5.74, 6) is 0. The van der Waals surface area contributed by atoms with E-state index in [1.807, 2.05) is 11.3 Å². The second kappa shape index (κ2) is 6.33. The van der Waals surface area contributed by atoms with Crippen molar-refractivity contribution in [3.63, 3.8) is 0 Å². The first kappa shape index (κ1) is 13.5. The fourth-order valence-corrected chi connectivity index (χ4v) is 3.97. The molecule has 0 aliphatic carbocycles. The summed E-state index contributed by atoms with van der Waals surface area (Å²) in [4.78, 5) is 7.91. The van der Waals surface area contributed by atoms with Gasteiger partial charge in [-0.2, -0.15) is 0 Å². The zero-order chi connectivity index (χ0) is 13.1. The van der Waals surface area contributed by atoms with Crippen LogP contribution in [0.1, 0.15) is 16.2 Å². The zero-order valence-corrected chi connectivity index (χ0v) is 12.2. The third-order valence-corrected chi connectivity index (χ3v) is 5.20. The van der Waals surface area contributed by atoms with Gasteiger partial charge in [0.25, 0.3) is 0 Å². The maximum absolute atomic E-state index is 5.67. The van der Waals surface area contributed by atoms with E-state index < -0.39 is 0 Å². The third-order valence-electron chi connectivity index (χ3n) is 4.11. The van der Waals surface area contributed by atoms with Crippen LogP contribution in [-0.4, -0.2) is 55.2 Å². The summed E-state index contributed by atoms with van der Waals surface area (Å²) in [7, 11) is 0. The molecule has 1 atom stereocenters. The quantitative estimate of drug-likeness (QED) is 0.898. The second-order valence-electron chi connectivity index (χ2n) is 5.40. The Morgan fingerprint density at radius 3 is 2.74 bits per heavy atom. The monoisotopic (exact) mass is 281 g/mol. The SMILES string of the molecule is NCc1ccc(CN2CCC(N3CCOCC3)C2)s1. The highest BCUT2D eigenvalue weighted by molar-refractivity contribution is 7.11. The predicted octanol–water partition coefficient (Wildman–Crippen LogP) is 1.11. The van der Waals surface area contributed by atoms with Crippen LogP contribution in [0, 0.1) is 0 Å². The van der Waals surface area contributed by atoms with Crippen molar-refractivity contribution in [2.75, 3.05) is 39.4 Å². The first-order valence-corrected chi connectivity index (χ1v) is 7.98. The molecule has 5 heteroatoms. The first-order chi connectivity index (χ1) is 9.35. The van der Waals surface area contributed by atoms with Crippen LogP contribution in [0.3, 0.4) is 0 Å². The molecule has 19 heavy (non-hydrogen) atoms. The number of hydrogen-bond acceptors (Lipinski definition) is 5. The van der Waals surface area contributed by atoms with Gasteiger partial charge in [-0.05, 0) is 18.6 Å². The van der Waals surface area contributed by atoms with Crippen LogP contribution in [-0.2, 0) is 17.8 Å². The average molecular weight is 281 g/mol. The number of ether oxygens (including phenoxy) is 1. The van der Waals surface area contributed by atoms with Gasteiger partial charge in [-0.25, -0.2) is 0 Å². The van der Waals surface area contributed by atoms with E-state index in [-0.39, 0.29) is 0 Å². The fourth-order valence-electron chi connectivity index (χ4n) is 3.03. The Morgan fingerprint density at radius 2 is 2.00 bits per heavy atom. The lowest BCUT2D eigenvalue weighted by molar-refractivity contribution is 0.0184. The Labute approximate surface area is 119 Å². The van der Waals surface area contributed by atoms with Crippen LogP contribution in [0.2, 0.25) is 0 Å². The van der Waals surface area contributed by atoms with Gasteiger partial charge in [-0.3, -0.25) is 9.80 Å². The molecule has 0 saturated carbocycles. The van der Waals surface area contributed by atoms with Crippen LogP contribution in [0.25, 0.3) is 0 Å². The molecule has 1 unspecified atom stereocenters. The first-order valence-electron chi connectivity index (χ1n) is 7.17. The molecular formula is C14H23N3OS. The van der Waals surface area contributed by atoms with Crippen molar-refractivity contribution in [2.45, 2.75) is 25.6 Å². The highest BCUT2D eigenvalue weighted by Gasteiger charge is 2.28. The molecule has 0 amide bonds. The van der Waals surface area contributed by atoms with E-state index in [0.29, 0.717) is 6.54 Å². The van der Waals surface area contributed by atoms with Gasteiger partial charge in [0.15, 0.2) is 0 Å². The lowest BCUT2D eigenvalue weighted by Gasteiger charge is -2.32. The highest BCUT2D eigenvalue weighted by Crippen LogP contribution is 2.22. The van der Waals surface area contributed by atoms with Gasteiger partial charge in [0, 0.05) is 55.1 Å². The van der Waals surface area contributed by atoms with E-state index in [4.69, 9.17) is 10.5 Å². The van der Waals surface area contributed by atoms with E-state index in [1.54, 1.807) is 0 Å². The van der Waals surface area contributed by atoms with Gasteiger partial charge < -0.3 is 10.5 Å². The van der Waals surface area contributed by atoms with Gasteiger partial charge in [-0.15, -0.1) is 11.3 Å². The molecule has 1 aromatic heterocycles. The average Bonchev–Trinajstić information content (AvgIpc) is 3.09. The Bertz CT molecular complexity index is 403. The Hall–Kier alpha value is -0.460. The van der Waals surface area contributed by atoms with Crippen molar-refractivity contribution >= 4 is 11.3 Å². The molecule has 2 fully saturated rings. The van der Waals surface area contributed by atoms with Gasteiger partial charge in [0.2, 0.25) is 0 Å². The predicted molar refractivity (Wildman–Crippen MR) is 78.3 cm³/mol. The van der Waals surface area contributed by atoms with Gasteiger partial charge in [0.1, 0.15) is 0 Å². The molecule has 2 saturated heterocycles. The number of thiophene rings is 1. The van der Waals surface area contributed by atoms with E-state index in [0.717, 1.165) is 38.9 Å². The molecule has 0 aromatic carbocycles. The number of rotatable bonds is 4. The van der Waals surface area contributed by atoms with Crippen LogP contribution < -0.4 is 5.73 Å². The summed E-state index contributed by atoms with van der Waals surface area (Å²) in [5.41, 5.74) is 5.67. The largest absolute Gasteiger partial charge is 0.379 e. The molecular weight excluding hydrogens is 258 g/mol. The van der Waals surface area contributed by atoms with Crippen LogP contribution in [0.5, 0.6) is 0 Å². The van der Waals surface area contributed by atoms with Gasteiger partial charge in [-0.1, -0.05) is 0 Å². The normalized spacial score (nSPS) is 26.1. The highest BCUT2D eigenvalue weighted by atomic mass is 32.1. The van der Waals surface area contributed by atoms with Gasteiger partial charge >= 0.3 is 0 Å². The number of nitrogens with two attached hydrogens (primary N) is 1. The van der Waals surface area contributed by atoms with Crippen molar-refractivity contribution in [2.24, 2.45) is 5.73 Å². The number of likely N-dealkylation sites (tertiary alicyclic amines) is 1. The fraction of sp³-hybridized carbons (Fsp3) is 0.714. The summed E-state index contributed by atoms with van der Waals surface area (Å²) in [6, 6.07) is 5.13. The molecule has 3 heterocycles. The molecule has 0 bridgehead atoms. The van der Waals surface area contributed by atoms with Crippen molar-refractivity contribution < 1.29 is 4.74 Å². The lowest BCUT2D eigenvalue weighted by Crippen LogP contribution is -2.44. The molecule has 4 nitrogen and oxygen atoms in total. The summed E-state index contributed by atoms with van der Waals surface area (Å²) < 4.78 is 5.43. The van der Waals surface area contributed by atoms with Crippen molar-refractivity contribution in [1.82, 2.24) is 9.80 Å². The molecule has 1 aromatic rings. The van der Waals surface area contributed by atoms with Gasteiger partial charge in [0.05, 0.1) is 13.2 Å². The summed E-state index contributed by atoms with van der Waals surface area (Å²) >= 11 is 1.86. The zero-order valence-electron chi connectivity index (χ0n) is 11.4. The Balaban J connectivity index is 1.51. The molecule has 0 radical (unpaired) electrons. The maximum atomic E-state index is 5.67. The number of morpholine rings is 1. The topological polar surface area (TPSA) is 41.7 Å². The van der Waals surface area contributed by atoms with E-state index in [9.17, 15) is 0 Å². The standard InChI is InChI=1S/C14H23N3OS/c15-9-13-1-2-14(19-13)11-16-4-3-12(10-16)17-5-7-18-8-6-17/h1-2,12H,3-11,15H2. The summed E-state index contributed by atoms with van der Waals surface area (Å²) in [6.07, 6.45) is 1.30. The summed E-state index contributed by atoms with van der Waals surface area (Å²) in [5, 5.41) is 0. The van der Waals surface area contributed by atoms with Crippen molar-refractivity contribution in [3.05, 3.63) is 21.9 Å². The Kier molecular flexibility index (Phi) is 4.50. The second-order valence-corrected chi connectivity index (χ2v) is 6.65. The van der Waals surface area contributed by atoms with E-state index in [1.165, 1.54) is 29.3 Å². The molecule has 2 aliphatic heterocycles. The number of nitrogens with zero attached hydrogens (tertiary/aromatic N) is 2. The minimum absolute atomic E-state index is 0.668. The molecule has 2 N–H and O–H groups in total. The molecule has 3 rings (SSSR count). The molecule has 0 spiro atoms. The third kappa shape index (κ3) is 3.35. The van der Waals surface area contributed by atoms with Crippen LogP contribution >= 0.6 is 11.3 Å².